The minimum Gasteiger partial charge on any atom is -0.451 e. The first kappa shape index (κ1) is 19.3. The predicted molar refractivity (Wildman–Crippen MR) is 101 cm³/mol. The molecule has 0 saturated heterocycles. The predicted octanol–water partition coefficient (Wildman–Crippen LogP) is 1.52. The van der Waals surface area contributed by atoms with Gasteiger partial charge in [0.25, 0.3) is 5.91 Å². The minimum absolute atomic E-state index is 0.0999. The van der Waals surface area contributed by atoms with Crippen molar-refractivity contribution in [1.29, 1.82) is 0 Å². The molecular formula is C18H16N4O5S. The molecule has 0 spiro atoms. The van der Waals surface area contributed by atoms with E-state index in [2.05, 4.69) is 15.5 Å². The van der Waals surface area contributed by atoms with E-state index in [1.54, 1.807) is 0 Å². The Morgan fingerprint density at radius 1 is 1.07 bits per heavy atom. The molecule has 0 saturated carbocycles. The van der Waals surface area contributed by atoms with Gasteiger partial charge in [-0.05, 0) is 24.3 Å². The Morgan fingerprint density at radius 3 is 2.54 bits per heavy atom. The number of rotatable bonds is 6. The summed E-state index contributed by atoms with van der Waals surface area (Å²) in [6, 6.07) is 16.2. The molecule has 1 aromatic heterocycles. The fourth-order valence-corrected chi connectivity index (χ4v) is 2.90. The summed E-state index contributed by atoms with van der Waals surface area (Å²) in [6.07, 6.45) is 0. The Morgan fingerprint density at radius 2 is 1.82 bits per heavy atom. The zero-order valence-corrected chi connectivity index (χ0v) is 15.3. The first-order valence-electron chi connectivity index (χ1n) is 8.03. The molecule has 0 aliphatic carbocycles. The highest BCUT2D eigenvalue weighted by atomic mass is 32.2. The van der Waals surface area contributed by atoms with E-state index in [1.807, 2.05) is 30.3 Å². The van der Waals surface area contributed by atoms with Gasteiger partial charge in [0.05, 0.1) is 10.6 Å². The highest BCUT2D eigenvalue weighted by molar-refractivity contribution is 7.89. The lowest BCUT2D eigenvalue weighted by Crippen LogP contribution is -2.21. The lowest BCUT2D eigenvalue weighted by molar-refractivity contribution is -0.119. The second-order valence-electron chi connectivity index (χ2n) is 5.73. The number of benzene rings is 2. The molecule has 1 heterocycles. The van der Waals surface area contributed by atoms with Gasteiger partial charge in [0.2, 0.25) is 10.0 Å². The number of amides is 1. The van der Waals surface area contributed by atoms with Crippen molar-refractivity contribution in [3.05, 3.63) is 66.4 Å². The topological polar surface area (TPSA) is 144 Å². The highest BCUT2D eigenvalue weighted by Crippen LogP contribution is 2.17. The number of nitrogens with zero attached hydrogens (tertiary/aromatic N) is 1. The van der Waals surface area contributed by atoms with Crippen molar-refractivity contribution in [2.24, 2.45) is 5.14 Å². The van der Waals surface area contributed by atoms with E-state index in [-0.39, 0.29) is 16.3 Å². The van der Waals surface area contributed by atoms with Crippen molar-refractivity contribution in [1.82, 2.24) is 10.2 Å². The maximum absolute atomic E-state index is 12.1. The fourth-order valence-electron chi connectivity index (χ4n) is 2.34. The fraction of sp³-hybridized carbons (Fsp3) is 0.0556. The first-order chi connectivity index (χ1) is 13.3. The highest BCUT2D eigenvalue weighted by Gasteiger charge is 2.15. The number of ether oxygens (including phenoxy) is 1. The number of H-pyrrole nitrogens is 1. The summed E-state index contributed by atoms with van der Waals surface area (Å²) in [5.74, 6) is -1.38. The normalized spacial score (nSPS) is 11.0. The van der Waals surface area contributed by atoms with E-state index >= 15 is 0 Å². The van der Waals surface area contributed by atoms with Crippen molar-refractivity contribution in [3.8, 4) is 11.3 Å². The van der Waals surface area contributed by atoms with Gasteiger partial charge in [0.1, 0.15) is 5.69 Å². The van der Waals surface area contributed by atoms with Crippen molar-refractivity contribution < 1.29 is 22.7 Å². The molecule has 9 nitrogen and oxygen atoms in total. The second-order valence-corrected chi connectivity index (χ2v) is 7.29. The van der Waals surface area contributed by atoms with Crippen LogP contribution >= 0.6 is 0 Å². The molecule has 1 amide bonds. The zero-order valence-electron chi connectivity index (χ0n) is 14.5. The van der Waals surface area contributed by atoms with Gasteiger partial charge < -0.3 is 10.1 Å². The van der Waals surface area contributed by atoms with Crippen LogP contribution in [-0.2, 0) is 19.6 Å². The zero-order chi connectivity index (χ0) is 20.1. The van der Waals surface area contributed by atoms with Crippen molar-refractivity contribution in [2.45, 2.75) is 4.90 Å². The number of nitrogens with two attached hydrogens (primary N) is 1. The molecule has 3 aromatic rings. The third-order valence-electron chi connectivity index (χ3n) is 3.65. The molecule has 0 atom stereocenters. The van der Waals surface area contributed by atoms with Crippen molar-refractivity contribution in [3.63, 3.8) is 0 Å². The van der Waals surface area contributed by atoms with Crippen LogP contribution in [0.5, 0.6) is 0 Å². The molecule has 0 aliphatic rings. The van der Waals surface area contributed by atoms with Crippen LogP contribution in [0, 0.1) is 0 Å². The number of aromatic amines is 1. The number of carbonyl (C=O) groups excluding carboxylic acids is 2. The first-order valence-corrected chi connectivity index (χ1v) is 9.58. The number of aromatic nitrogens is 2. The second kappa shape index (κ2) is 8.03. The molecule has 0 aliphatic heterocycles. The molecule has 10 heteroatoms. The number of sulfonamides is 1. The van der Waals surface area contributed by atoms with Crippen LogP contribution in [0.3, 0.4) is 0 Å². The molecule has 0 bridgehead atoms. The number of esters is 1. The summed E-state index contributed by atoms with van der Waals surface area (Å²) in [7, 11) is -3.89. The Kier molecular flexibility index (Phi) is 5.52. The van der Waals surface area contributed by atoms with Gasteiger partial charge in [-0.15, -0.1) is 0 Å². The molecule has 0 radical (unpaired) electrons. The molecule has 28 heavy (non-hydrogen) atoms. The third-order valence-corrected chi connectivity index (χ3v) is 4.56. The van der Waals surface area contributed by atoms with Crippen LogP contribution in [0.1, 0.15) is 10.5 Å². The van der Waals surface area contributed by atoms with Gasteiger partial charge in [0.15, 0.2) is 6.61 Å². The summed E-state index contributed by atoms with van der Waals surface area (Å²) < 4.78 is 27.6. The van der Waals surface area contributed by atoms with Gasteiger partial charge in [-0.3, -0.25) is 9.89 Å². The van der Waals surface area contributed by atoms with Gasteiger partial charge in [-0.1, -0.05) is 36.4 Å². The Hall–Kier alpha value is -3.50. The smallest absolute Gasteiger partial charge is 0.356 e. The molecular weight excluding hydrogens is 384 g/mol. The number of nitrogens with one attached hydrogen (secondary N) is 2. The molecule has 0 fully saturated rings. The van der Waals surface area contributed by atoms with E-state index in [1.165, 1.54) is 30.3 Å². The Bertz CT molecular complexity index is 1110. The maximum Gasteiger partial charge on any atom is 0.356 e. The number of primary sulfonamides is 1. The quantitative estimate of drug-likeness (QED) is 0.535. The van der Waals surface area contributed by atoms with E-state index in [9.17, 15) is 18.0 Å². The summed E-state index contributed by atoms with van der Waals surface area (Å²) in [5, 5.41) is 14.1. The van der Waals surface area contributed by atoms with Crippen LogP contribution in [-0.4, -0.2) is 37.1 Å². The number of hydrogen-bond acceptors (Lipinski definition) is 6. The van der Waals surface area contributed by atoms with Gasteiger partial charge in [0, 0.05) is 11.3 Å². The maximum atomic E-state index is 12.1. The molecule has 4 N–H and O–H groups in total. The molecule has 0 unspecified atom stereocenters. The van der Waals surface area contributed by atoms with E-state index in [0.29, 0.717) is 5.69 Å². The van der Waals surface area contributed by atoms with Crippen molar-refractivity contribution >= 4 is 27.6 Å². The summed E-state index contributed by atoms with van der Waals surface area (Å²) in [6.45, 7) is -0.557. The van der Waals surface area contributed by atoms with Crippen LogP contribution in [0.15, 0.2) is 65.6 Å². The summed E-state index contributed by atoms with van der Waals surface area (Å²) in [5.41, 5.74) is 1.70. The lowest BCUT2D eigenvalue weighted by atomic mass is 10.1. The largest absolute Gasteiger partial charge is 0.451 e. The average molecular weight is 400 g/mol. The standard InChI is InChI=1S/C18H16N4O5S/c19-28(25,26)14-8-4-7-13(9-14)20-17(23)11-27-18(24)16-10-15(21-22-16)12-5-2-1-3-6-12/h1-10H,11H2,(H,20,23)(H,21,22)(H2,19,25,26). The SMILES string of the molecule is NS(=O)(=O)c1cccc(NC(=O)COC(=O)c2cc(-c3ccccc3)n[nH]2)c1. The van der Waals surface area contributed by atoms with Crippen LogP contribution < -0.4 is 10.5 Å². The van der Waals surface area contributed by atoms with Crippen LogP contribution in [0.4, 0.5) is 5.69 Å². The van der Waals surface area contributed by atoms with Crippen LogP contribution in [0.25, 0.3) is 11.3 Å². The molecule has 2 aromatic carbocycles. The monoisotopic (exact) mass is 400 g/mol. The number of carbonyl (C=O) groups is 2. The molecule has 3 rings (SSSR count). The van der Waals surface area contributed by atoms with Gasteiger partial charge >= 0.3 is 5.97 Å². The lowest BCUT2D eigenvalue weighted by Gasteiger charge is -2.07. The van der Waals surface area contributed by atoms with E-state index < -0.39 is 28.5 Å². The Labute approximate surface area is 160 Å². The minimum atomic E-state index is -3.89. The van der Waals surface area contributed by atoms with Gasteiger partial charge in [-0.25, -0.2) is 18.4 Å². The van der Waals surface area contributed by atoms with E-state index in [0.717, 1.165) is 5.56 Å². The summed E-state index contributed by atoms with van der Waals surface area (Å²) in [4.78, 5) is 23.9. The summed E-state index contributed by atoms with van der Waals surface area (Å²) >= 11 is 0. The number of anilines is 1. The van der Waals surface area contributed by atoms with Gasteiger partial charge in [-0.2, -0.15) is 5.10 Å². The Balaban J connectivity index is 1.58. The average Bonchev–Trinajstić information content (AvgIpc) is 3.17. The number of hydrogen-bond donors (Lipinski definition) is 3. The third kappa shape index (κ3) is 4.81. The van der Waals surface area contributed by atoms with Crippen LogP contribution in [0.2, 0.25) is 0 Å². The molecule has 144 valence electrons. The van der Waals surface area contributed by atoms with E-state index in [4.69, 9.17) is 9.88 Å². The van der Waals surface area contributed by atoms with Crippen molar-refractivity contribution in [2.75, 3.05) is 11.9 Å².